The zero-order valence-electron chi connectivity index (χ0n) is 9.14. The van der Waals surface area contributed by atoms with Gasteiger partial charge in [-0.3, -0.25) is 0 Å². The molecule has 1 rings (SSSR count). The molecule has 1 unspecified atom stereocenters. The second-order valence-corrected chi connectivity index (χ2v) is 3.49. The van der Waals surface area contributed by atoms with E-state index in [1.807, 2.05) is 0 Å². The molecule has 0 heterocycles. The Bertz CT molecular complexity index is 451. The van der Waals surface area contributed by atoms with Gasteiger partial charge in [0.1, 0.15) is 6.04 Å². The lowest BCUT2D eigenvalue weighted by Crippen LogP contribution is -2.28. The number of aromatic carboxylic acids is 1. The minimum Gasteiger partial charge on any atom is -0.478 e. The first-order chi connectivity index (χ1) is 7.47. The van der Waals surface area contributed by atoms with Crippen LogP contribution in [0.25, 0.3) is 0 Å². The summed E-state index contributed by atoms with van der Waals surface area (Å²) in [4.78, 5) is 12.4. The smallest absolute Gasteiger partial charge is 0.335 e. The van der Waals surface area contributed by atoms with Crippen molar-refractivity contribution in [1.29, 1.82) is 5.26 Å². The molecule has 1 aromatic rings. The third-order valence-corrected chi connectivity index (χ3v) is 2.42. The zero-order chi connectivity index (χ0) is 12.3. The first-order valence-corrected chi connectivity index (χ1v) is 4.72. The molecule has 0 amide bonds. The first-order valence-electron chi connectivity index (χ1n) is 4.72. The maximum atomic E-state index is 10.7. The van der Waals surface area contributed by atoms with E-state index in [0.717, 1.165) is 0 Å². The van der Waals surface area contributed by atoms with E-state index in [0.29, 0.717) is 11.4 Å². The van der Waals surface area contributed by atoms with Crippen LogP contribution in [0.1, 0.15) is 17.3 Å². The average Bonchev–Trinajstić information content (AvgIpc) is 2.26. The van der Waals surface area contributed by atoms with Gasteiger partial charge in [-0.2, -0.15) is 5.26 Å². The van der Waals surface area contributed by atoms with Crippen LogP contribution < -0.4 is 10.6 Å². The molecule has 0 fully saturated rings. The topological polar surface area (TPSA) is 90.3 Å². The second kappa shape index (κ2) is 4.53. The minimum atomic E-state index is -1.02. The van der Waals surface area contributed by atoms with Gasteiger partial charge >= 0.3 is 5.97 Å². The van der Waals surface area contributed by atoms with E-state index in [1.165, 1.54) is 12.1 Å². The van der Waals surface area contributed by atoms with Gasteiger partial charge in [0.2, 0.25) is 0 Å². The summed E-state index contributed by atoms with van der Waals surface area (Å²) in [5, 5.41) is 17.5. The highest BCUT2D eigenvalue weighted by atomic mass is 16.4. The van der Waals surface area contributed by atoms with Crippen molar-refractivity contribution in [3.8, 4) is 6.07 Å². The highest BCUT2D eigenvalue weighted by molar-refractivity contribution is 5.90. The van der Waals surface area contributed by atoms with Crippen molar-refractivity contribution < 1.29 is 9.90 Å². The minimum absolute atomic E-state index is 0.138. The molecule has 84 valence electrons. The van der Waals surface area contributed by atoms with E-state index >= 15 is 0 Å². The summed E-state index contributed by atoms with van der Waals surface area (Å²) in [6, 6.07) is 6.22. The second-order valence-electron chi connectivity index (χ2n) is 3.49. The first kappa shape index (κ1) is 11.9. The Balaban J connectivity index is 3.09. The van der Waals surface area contributed by atoms with Gasteiger partial charge in [0.05, 0.1) is 23.0 Å². The number of benzene rings is 1. The number of nitriles is 1. The van der Waals surface area contributed by atoms with Gasteiger partial charge in [-0.25, -0.2) is 4.79 Å². The Morgan fingerprint density at radius 3 is 2.69 bits per heavy atom. The fraction of sp³-hybridized carbons (Fsp3) is 0.273. The Morgan fingerprint density at radius 2 is 2.25 bits per heavy atom. The fourth-order valence-electron chi connectivity index (χ4n) is 1.30. The molecule has 0 aromatic heterocycles. The summed E-state index contributed by atoms with van der Waals surface area (Å²) >= 11 is 0. The number of nitrogens with zero attached hydrogens (tertiary/aromatic N) is 2. The van der Waals surface area contributed by atoms with E-state index in [9.17, 15) is 4.79 Å². The van der Waals surface area contributed by atoms with Crippen LogP contribution in [0.2, 0.25) is 0 Å². The van der Waals surface area contributed by atoms with Gasteiger partial charge < -0.3 is 15.7 Å². The lowest BCUT2D eigenvalue weighted by atomic mass is 10.1. The van der Waals surface area contributed by atoms with Gasteiger partial charge in [-0.1, -0.05) is 0 Å². The number of hydrogen-bond acceptors (Lipinski definition) is 4. The largest absolute Gasteiger partial charge is 0.478 e. The summed E-state index contributed by atoms with van der Waals surface area (Å²) in [5.41, 5.74) is 6.88. The number of nitrogen functional groups attached to an aromatic ring is 1. The molecular formula is C11H13N3O2. The van der Waals surface area contributed by atoms with Gasteiger partial charge in [-0.05, 0) is 25.1 Å². The molecule has 0 aliphatic carbocycles. The number of hydrogen-bond donors (Lipinski definition) is 2. The number of anilines is 2. The Labute approximate surface area is 93.7 Å². The Hall–Kier alpha value is -2.22. The van der Waals surface area contributed by atoms with E-state index in [1.54, 1.807) is 24.9 Å². The van der Waals surface area contributed by atoms with E-state index < -0.39 is 5.97 Å². The summed E-state index contributed by atoms with van der Waals surface area (Å²) in [7, 11) is 1.74. The molecule has 1 atom stereocenters. The van der Waals surface area contributed by atoms with Crippen LogP contribution in [0, 0.1) is 11.3 Å². The van der Waals surface area contributed by atoms with Gasteiger partial charge in [0, 0.05) is 7.05 Å². The molecule has 1 aromatic carbocycles. The third-order valence-electron chi connectivity index (χ3n) is 2.42. The summed E-state index contributed by atoms with van der Waals surface area (Å²) in [6.45, 7) is 1.74. The molecule has 16 heavy (non-hydrogen) atoms. The van der Waals surface area contributed by atoms with Crippen LogP contribution in [-0.4, -0.2) is 24.2 Å². The fourth-order valence-corrected chi connectivity index (χ4v) is 1.30. The maximum absolute atomic E-state index is 10.7. The predicted octanol–water partition coefficient (Wildman–Crippen LogP) is 1.32. The van der Waals surface area contributed by atoms with Crippen LogP contribution in [0.5, 0.6) is 0 Å². The summed E-state index contributed by atoms with van der Waals surface area (Å²) in [6.07, 6.45) is 0. The standard InChI is InChI=1S/C11H13N3O2/c1-7(6-12)14(2)10-4-3-8(11(15)16)5-9(10)13/h3-5,7H,13H2,1-2H3,(H,15,16). The van der Waals surface area contributed by atoms with Crippen LogP contribution in [0.3, 0.4) is 0 Å². The molecule has 0 radical (unpaired) electrons. The van der Waals surface area contributed by atoms with Crippen molar-refractivity contribution in [2.24, 2.45) is 0 Å². The molecule has 0 saturated heterocycles. The van der Waals surface area contributed by atoms with Crippen LogP contribution >= 0.6 is 0 Å². The molecule has 0 saturated carbocycles. The van der Waals surface area contributed by atoms with Crippen molar-refractivity contribution in [3.63, 3.8) is 0 Å². The quantitative estimate of drug-likeness (QED) is 0.748. The van der Waals surface area contributed by atoms with Gasteiger partial charge in [-0.15, -0.1) is 0 Å². The summed E-state index contributed by atoms with van der Waals surface area (Å²) < 4.78 is 0. The number of carboxylic acids is 1. The van der Waals surface area contributed by atoms with E-state index in [-0.39, 0.29) is 11.6 Å². The molecular weight excluding hydrogens is 206 g/mol. The molecule has 0 aliphatic rings. The normalized spacial score (nSPS) is 11.6. The van der Waals surface area contributed by atoms with Gasteiger partial charge in [0.25, 0.3) is 0 Å². The Kier molecular flexibility index (Phi) is 3.36. The highest BCUT2D eigenvalue weighted by Gasteiger charge is 2.13. The number of rotatable bonds is 3. The van der Waals surface area contributed by atoms with Crippen molar-refractivity contribution in [1.82, 2.24) is 0 Å². The molecule has 5 heteroatoms. The lowest BCUT2D eigenvalue weighted by Gasteiger charge is -2.23. The van der Waals surface area contributed by atoms with Crippen LogP contribution in [-0.2, 0) is 0 Å². The highest BCUT2D eigenvalue weighted by Crippen LogP contribution is 2.24. The number of nitrogens with two attached hydrogens (primary N) is 1. The Morgan fingerprint density at radius 1 is 1.62 bits per heavy atom. The van der Waals surface area contributed by atoms with Crippen molar-refractivity contribution in [3.05, 3.63) is 23.8 Å². The molecule has 0 spiro atoms. The monoisotopic (exact) mass is 219 g/mol. The summed E-state index contributed by atoms with van der Waals surface area (Å²) in [5.74, 6) is -1.02. The molecule has 5 nitrogen and oxygen atoms in total. The maximum Gasteiger partial charge on any atom is 0.335 e. The molecule has 0 aliphatic heterocycles. The number of carbonyl (C=O) groups is 1. The molecule has 3 N–H and O–H groups in total. The van der Waals surface area contributed by atoms with Crippen LogP contribution in [0.4, 0.5) is 11.4 Å². The van der Waals surface area contributed by atoms with Crippen LogP contribution in [0.15, 0.2) is 18.2 Å². The van der Waals surface area contributed by atoms with Crippen molar-refractivity contribution >= 4 is 17.3 Å². The predicted molar refractivity (Wildman–Crippen MR) is 61.3 cm³/mol. The van der Waals surface area contributed by atoms with E-state index in [2.05, 4.69) is 6.07 Å². The van der Waals surface area contributed by atoms with Crippen molar-refractivity contribution in [2.45, 2.75) is 13.0 Å². The zero-order valence-corrected chi connectivity index (χ0v) is 9.14. The lowest BCUT2D eigenvalue weighted by molar-refractivity contribution is 0.0697. The average molecular weight is 219 g/mol. The SMILES string of the molecule is CC(C#N)N(C)c1ccc(C(=O)O)cc1N. The van der Waals surface area contributed by atoms with E-state index in [4.69, 9.17) is 16.1 Å². The number of carboxylic acid groups (broad SMARTS) is 1. The van der Waals surface area contributed by atoms with Crippen molar-refractivity contribution in [2.75, 3.05) is 17.7 Å². The molecule has 0 bridgehead atoms. The van der Waals surface area contributed by atoms with Gasteiger partial charge in [0.15, 0.2) is 0 Å². The third kappa shape index (κ3) is 2.23.